The first-order chi connectivity index (χ1) is 7.66. The van der Waals surface area contributed by atoms with Crippen molar-refractivity contribution < 1.29 is 0 Å². The van der Waals surface area contributed by atoms with E-state index in [-0.39, 0.29) is 0 Å². The summed E-state index contributed by atoms with van der Waals surface area (Å²) in [6.07, 6.45) is 3.75. The van der Waals surface area contributed by atoms with Gasteiger partial charge >= 0.3 is 0 Å². The van der Waals surface area contributed by atoms with Crippen LogP contribution in [0.4, 0.5) is 5.69 Å². The largest absolute Gasteiger partial charge is 0.383 e. The summed E-state index contributed by atoms with van der Waals surface area (Å²) < 4.78 is 1.88. The van der Waals surface area contributed by atoms with Gasteiger partial charge < -0.3 is 5.32 Å². The zero-order chi connectivity index (χ0) is 11.5. The second-order valence-corrected chi connectivity index (χ2v) is 4.25. The monoisotopic (exact) mass is 215 g/mol. The Bertz CT molecular complexity index is 458. The third-order valence-corrected chi connectivity index (χ3v) is 2.40. The Kier molecular flexibility index (Phi) is 2.95. The van der Waals surface area contributed by atoms with Gasteiger partial charge in [0.2, 0.25) is 0 Å². The van der Waals surface area contributed by atoms with E-state index < -0.39 is 0 Å². The molecule has 16 heavy (non-hydrogen) atoms. The van der Waals surface area contributed by atoms with Crippen LogP contribution in [0.1, 0.15) is 19.4 Å². The van der Waals surface area contributed by atoms with Crippen molar-refractivity contribution in [3.05, 3.63) is 42.2 Å². The lowest BCUT2D eigenvalue weighted by Crippen LogP contribution is -2.10. The molecule has 1 aromatic carbocycles. The molecular weight excluding hydrogens is 198 g/mol. The molecule has 0 spiro atoms. The van der Waals surface area contributed by atoms with E-state index >= 15 is 0 Å². The molecule has 0 fully saturated rings. The molecule has 1 aromatic heterocycles. The molecule has 0 saturated heterocycles. The minimum atomic E-state index is 0.454. The fraction of sp³-hybridized carbons (Fsp3) is 0.308. The average molecular weight is 215 g/mol. The van der Waals surface area contributed by atoms with Gasteiger partial charge in [0.1, 0.15) is 0 Å². The van der Waals surface area contributed by atoms with E-state index in [1.165, 1.54) is 5.56 Å². The lowest BCUT2D eigenvalue weighted by molar-refractivity contribution is 0.870. The first kappa shape index (κ1) is 10.7. The highest BCUT2D eigenvalue weighted by molar-refractivity contribution is 5.53. The van der Waals surface area contributed by atoms with Crippen molar-refractivity contribution in [1.29, 1.82) is 0 Å². The predicted octanol–water partition coefficient (Wildman–Crippen LogP) is 3.00. The lowest BCUT2D eigenvalue weighted by Gasteiger charge is -2.12. The van der Waals surface area contributed by atoms with Crippen LogP contribution < -0.4 is 5.32 Å². The van der Waals surface area contributed by atoms with Crippen LogP contribution >= 0.6 is 0 Å². The van der Waals surface area contributed by atoms with E-state index in [0.29, 0.717) is 6.04 Å². The summed E-state index contributed by atoms with van der Waals surface area (Å²) in [6, 6.07) is 8.71. The van der Waals surface area contributed by atoms with Crippen molar-refractivity contribution in [1.82, 2.24) is 9.78 Å². The second kappa shape index (κ2) is 4.39. The number of nitrogens with zero attached hydrogens (tertiary/aromatic N) is 2. The molecule has 0 radical (unpaired) electrons. The van der Waals surface area contributed by atoms with Gasteiger partial charge in [0, 0.05) is 24.1 Å². The standard InChI is InChI=1S/C13H17N3/c1-10(2)15-12-5-6-13(11(3)9-12)16-8-4-7-14-16/h4-10,15H,1-3H3. The first-order valence-corrected chi connectivity index (χ1v) is 5.54. The zero-order valence-corrected chi connectivity index (χ0v) is 9.94. The summed E-state index contributed by atoms with van der Waals surface area (Å²) in [5.41, 5.74) is 3.50. The van der Waals surface area contributed by atoms with Gasteiger partial charge in [-0.25, -0.2) is 4.68 Å². The molecule has 0 saturated carbocycles. The van der Waals surface area contributed by atoms with E-state index in [9.17, 15) is 0 Å². The number of nitrogens with one attached hydrogen (secondary N) is 1. The Labute approximate surface area is 96.1 Å². The summed E-state index contributed by atoms with van der Waals surface area (Å²) >= 11 is 0. The predicted molar refractivity (Wildman–Crippen MR) is 67.1 cm³/mol. The van der Waals surface area contributed by atoms with Gasteiger partial charge in [0.25, 0.3) is 0 Å². The van der Waals surface area contributed by atoms with Gasteiger partial charge in [0.05, 0.1) is 5.69 Å². The highest BCUT2D eigenvalue weighted by Crippen LogP contribution is 2.18. The van der Waals surface area contributed by atoms with Gasteiger partial charge in [-0.05, 0) is 50.6 Å². The minimum absolute atomic E-state index is 0.454. The maximum Gasteiger partial charge on any atom is 0.0676 e. The average Bonchev–Trinajstić information content (AvgIpc) is 2.69. The van der Waals surface area contributed by atoms with Crippen LogP contribution in [-0.4, -0.2) is 15.8 Å². The van der Waals surface area contributed by atoms with Crippen molar-refractivity contribution in [2.24, 2.45) is 0 Å². The van der Waals surface area contributed by atoms with Crippen molar-refractivity contribution in [3.63, 3.8) is 0 Å². The van der Waals surface area contributed by atoms with Crippen molar-refractivity contribution in [2.45, 2.75) is 26.8 Å². The normalized spacial score (nSPS) is 10.8. The molecule has 0 unspecified atom stereocenters. The number of hydrogen-bond acceptors (Lipinski definition) is 2. The number of anilines is 1. The van der Waals surface area contributed by atoms with Crippen LogP contribution in [0.25, 0.3) is 5.69 Å². The van der Waals surface area contributed by atoms with Crippen LogP contribution in [0.3, 0.4) is 0 Å². The Morgan fingerprint density at radius 3 is 2.69 bits per heavy atom. The van der Waals surface area contributed by atoms with Gasteiger partial charge in [-0.3, -0.25) is 0 Å². The van der Waals surface area contributed by atoms with Gasteiger partial charge in [0.15, 0.2) is 0 Å². The number of aromatic nitrogens is 2. The van der Waals surface area contributed by atoms with E-state index in [1.54, 1.807) is 6.20 Å². The van der Waals surface area contributed by atoms with E-state index in [0.717, 1.165) is 11.4 Å². The van der Waals surface area contributed by atoms with Crippen LogP contribution in [-0.2, 0) is 0 Å². The third kappa shape index (κ3) is 2.24. The van der Waals surface area contributed by atoms with Gasteiger partial charge in [-0.1, -0.05) is 0 Å². The third-order valence-electron chi connectivity index (χ3n) is 2.40. The topological polar surface area (TPSA) is 29.9 Å². The molecule has 3 nitrogen and oxygen atoms in total. The molecule has 0 aliphatic rings. The summed E-state index contributed by atoms with van der Waals surface area (Å²) in [7, 11) is 0. The second-order valence-electron chi connectivity index (χ2n) is 4.25. The summed E-state index contributed by atoms with van der Waals surface area (Å²) in [4.78, 5) is 0. The molecule has 0 aliphatic heterocycles. The fourth-order valence-electron chi connectivity index (χ4n) is 1.75. The number of benzene rings is 1. The van der Waals surface area contributed by atoms with Crippen molar-refractivity contribution in [3.8, 4) is 5.69 Å². The Morgan fingerprint density at radius 1 is 1.31 bits per heavy atom. The molecule has 0 bridgehead atoms. The Balaban J connectivity index is 2.30. The van der Waals surface area contributed by atoms with E-state index in [2.05, 4.69) is 49.4 Å². The summed E-state index contributed by atoms with van der Waals surface area (Å²) in [5.74, 6) is 0. The lowest BCUT2D eigenvalue weighted by atomic mass is 10.1. The van der Waals surface area contributed by atoms with Crippen LogP contribution in [0.2, 0.25) is 0 Å². The van der Waals surface area contributed by atoms with Crippen LogP contribution in [0.15, 0.2) is 36.7 Å². The molecule has 1 heterocycles. The molecule has 2 aromatic rings. The Hall–Kier alpha value is -1.77. The molecule has 0 aliphatic carbocycles. The number of aryl methyl sites for hydroxylation is 1. The highest BCUT2D eigenvalue weighted by Gasteiger charge is 2.02. The zero-order valence-electron chi connectivity index (χ0n) is 9.94. The van der Waals surface area contributed by atoms with Crippen LogP contribution in [0, 0.1) is 6.92 Å². The van der Waals surface area contributed by atoms with Crippen molar-refractivity contribution >= 4 is 5.69 Å². The number of rotatable bonds is 3. The number of hydrogen-bond donors (Lipinski definition) is 1. The van der Waals surface area contributed by atoms with Crippen LogP contribution in [0.5, 0.6) is 0 Å². The molecule has 3 heteroatoms. The minimum Gasteiger partial charge on any atom is -0.383 e. The van der Waals surface area contributed by atoms with E-state index in [1.807, 2.05) is 16.9 Å². The van der Waals surface area contributed by atoms with Gasteiger partial charge in [-0.15, -0.1) is 0 Å². The molecular formula is C13H17N3. The van der Waals surface area contributed by atoms with Crippen molar-refractivity contribution in [2.75, 3.05) is 5.32 Å². The maximum absolute atomic E-state index is 4.23. The fourth-order valence-corrected chi connectivity index (χ4v) is 1.75. The molecule has 84 valence electrons. The smallest absolute Gasteiger partial charge is 0.0676 e. The Morgan fingerprint density at radius 2 is 2.12 bits per heavy atom. The SMILES string of the molecule is Cc1cc(NC(C)C)ccc1-n1cccn1. The molecule has 0 atom stereocenters. The summed E-state index contributed by atoms with van der Waals surface area (Å²) in [5, 5.41) is 7.62. The summed E-state index contributed by atoms with van der Waals surface area (Å²) in [6.45, 7) is 6.37. The van der Waals surface area contributed by atoms with E-state index in [4.69, 9.17) is 0 Å². The molecule has 2 rings (SSSR count). The molecule has 1 N–H and O–H groups in total. The highest BCUT2D eigenvalue weighted by atomic mass is 15.3. The maximum atomic E-state index is 4.23. The molecule has 0 amide bonds. The quantitative estimate of drug-likeness (QED) is 0.853. The van der Waals surface area contributed by atoms with Gasteiger partial charge in [-0.2, -0.15) is 5.10 Å². The first-order valence-electron chi connectivity index (χ1n) is 5.54.